The summed E-state index contributed by atoms with van der Waals surface area (Å²) in [6, 6.07) is 3.59. The molecule has 6 heteroatoms. The van der Waals surface area contributed by atoms with Crippen LogP contribution in [0.25, 0.3) is 11.6 Å². The molecule has 2 aromatic heterocycles. The summed E-state index contributed by atoms with van der Waals surface area (Å²) in [6.45, 7) is 10.7. The summed E-state index contributed by atoms with van der Waals surface area (Å²) < 4.78 is 5.35. The van der Waals surface area contributed by atoms with Gasteiger partial charge in [0.05, 0.1) is 17.5 Å². The van der Waals surface area contributed by atoms with E-state index >= 15 is 0 Å². The van der Waals surface area contributed by atoms with Crippen molar-refractivity contribution in [1.82, 2.24) is 14.9 Å². The highest BCUT2D eigenvalue weighted by atomic mass is 32.2. The van der Waals surface area contributed by atoms with Gasteiger partial charge in [0.2, 0.25) is 0 Å². The second kappa shape index (κ2) is 7.46. The van der Waals surface area contributed by atoms with Crippen LogP contribution >= 0.6 is 11.8 Å². The maximum Gasteiger partial charge on any atom is 0.258 e. The molecule has 0 saturated heterocycles. The van der Waals surface area contributed by atoms with Gasteiger partial charge in [-0.05, 0) is 39.2 Å². The van der Waals surface area contributed by atoms with E-state index in [0.29, 0.717) is 41.0 Å². The zero-order valence-electron chi connectivity index (χ0n) is 13.9. The Morgan fingerprint density at radius 1 is 1.43 bits per heavy atom. The highest BCUT2D eigenvalue weighted by molar-refractivity contribution is 7.98. The van der Waals surface area contributed by atoms with Gasteiger partial charge in [-0.2, -0.15) is 0 Å². The third-order valence-electron chi connectivity index (χ3n) is 3.34. The Hall–Kier alpha value is -2.08. The van der Waals surface area contributed by atoms with Gasteiger partial charge in [-0.1, -0.05) is 12.2 Å². The van der Waals surface area contributed by atoms with Crippen LogP contribution < -0.4 is 0 Å². The standard InChI is InChI=1S/C17H21N3O2S/c1-6-20(10-11(2)3)17(21)14-12(4)18-15(19-16(14)23-5)13-8-7-9-22-13/h7-9H,2,6,10H2,1,3-5H3. The number of nitrogens with zero attached hydrogens (tertiary/aromatic N) is 3. The quantitative estimate of drug-likeness (QED) is 0.458. The first kappa shape index (κ1) is 17.3. The minimum Gasteiger partial charge on any atom is -0.461 e. The normalized spacial score (nSPS) is 10.6. The van der Waals surface area contributed by atoms with Crippen molar-refractivity contribution >= 4 is 17.7 Å². The summed E-state index contributed by atoms with van der Waals surface area (Å²) in [5.41, 5.74) is 2.15. The van der Waals surface area contributed by atoms with Crippen molar-refractivity contribution in [3.05, 3.63) is 41.8 Å². The van der Waals surface area contributed by atoms with Gasteiger partial charge in [-0.15, -0.1) is 11.8 Å². The number of likely N-dealkylation sites (N-methyl/N-ethyl adjacent to an activating group) is 1. The fourth-order valence-electron chi connectivity index (χ4n) is 2.27. The largest absolute Gasteiger partial charge is 0.461 e. The lowest BCUT2D eigenvalue weighted by molar-refractivity contribution is 0.0772. The lowest BCUT2D eigenvalue weighted by Crippen LogP contribution is -2.33. The monoisotopic (exact) mass is 331 g/mol. The Morgan fingerprint density at radius 2 is 2.17 bits per heavy atom. The van der Waals surface area contributed by atoms with Crippen LogP contribution in [0.5, 0.6) is 0 Å². The average molecular weight is 331 g/mol. The van der Waals surface area contributed by atoms with Crippen molar-refractivity contribution in [2.24, 2.45) is 0 Å². The minimum absolute atomic E-state index is 0.0663. The molecular weight excluding hydrogens is 310 g/mol. The van der Waals surface area contributed by atoms with E-state index in [-0.39, 0.29) is 5.91 Å². The van der Waals surface area contributed by atoms with Crippen molar-refractivity contribution in [2.75, 3.05) is 19.3 Å². The third-order valence-corrected chi connectivity index (χ3v) is 4.02. The van der Waals surface area contributed by atoms with Gasteiger partial charge in [0, 0.05) is 13.1 Å². The highest BCUT2D eigenvalue weighted by Crippen LogP contribution is 2.26. The Morgan fingerprint density at radius 3 is 2.70 bits per heavy atom. The number of carbonyl (C=O) groups excluding carboxylic acids is 1. The molecule has 0 aliphatic rings. The molecule has 0 N–H and O–H groups in total. The first-order chi connectivity index (χ1) is 11.0. The van der Waals surface area contributed by atoms with E-state index in [1.54, 1.807) is 23.3 Å². The molecule has 23 heavy (non-hydrogen) atoms. The summed E-state index contributed by atoms with van der Waals surface area (Å²) in [7, 11) is 0. The molecule has 0 aliphatic heterocycles. The average Bonchev–Trinajstić information content (AvgIpc) is 3.05. The van der Waals surface area contributed by atoms with E-state index < -0.39 is 0 Å². The highest BCUT2D eigenvalue weighted by Gasteiger charge is 2.23. The van der Waals surface area contributed by atoms with E-state index in [1.807, 2.05) is 27.0 Å². The lowest BCUT2D eigenvalue weighted by atomic mass is 10.2. The fourth-order valence-corrected chi connectivity index (χ4v) is 2.88. The number of aromatic nitrogens is 2. The molecule has 0 saturated carbocycles. The maximum atomic E-state index is 12.9. The molecule has 1 amide bonds. The number of thioether (sulfide) groups is 1. The molecule has 0 bridgehead atoms. The van der Waals surface area contributed by atoms with Crippen LogP contribution in [0.15, 0.2) is 40.0 Å². The molecule has 5 nitrogen and oxygen atoms in total. The number of rotatable bonds is 6. The predicted molar refractivity (Wildman–Crippen MR) is 92.6 cm³/mol. The first-order valence-corrected chi connectivity index (χ1v) is 8.60. The smallest absolute Gasteiger partial charge is 0.258 e. The molecule has 122 valence electrons. The van der Waals surface area contributed by atoms with Crippen molar-refractivity contribution in [1.29, 1.82) is 0 Å². The number of furan rings is 1. The topological polar surface area (TPSA) is 59.2 Å². The molecule has 0 radical (unpaired) electrons. The third kappa shape index (κ3) is 3.82. The number of hydrogen-bond acceptors (Lipinski definition) is 5. The molecule has 2 rings (SSSR count). The summed E-state index contributed by atoms with van der Waals surface area (Å²) in [4.78, 5) is 23.6. The van der Waals surface area contributed by atoms with Gasteiger partial charge in [-0.3, -0.25) is 4.79 Å². The molecule has 0 unspecified atom stereocenters. The zero-order chi connectivity index (χ0) is 17.0. The fraction of sp³-hybridized carbons (Fsp3) is 0.353. The van der Waals surface area contributed by atoms with Crippen molar-refractivity contribution in [2.45, 2.75) is 25.8 Å². The Labute approximate surface area is 140 Å². The van der Waals surface area contributed by atoms with E-state index in [1.165, 1.54) is 11.8 Å². The Kier molecular flexibility index (Phi) is 5.60. The van der Waals surface area contributed by atoms with Gasteiger partial charge >= 0.3 is 0 Å². The summed E-state index contributed by atoms with van der Waals surface area (Å²) in [5.74, 6) is 1.02. The number of hydrogen-bond donors (Lipinski definition) is 0. The summed E-state index contributed by atoms with van der Waals surface area (Å²) in [5, 5.41) is 0.661. The van der Waals surface area contributed by atoms with Gasteiger partial charge < -0.3 is 9.32 Å². The van der Waals surface area contributed by atoms with Crippen LogP contribution in [0.4, 0.5) is 0 Å². The molecule has 0 spiro atoms. The predicted octanol–water partition coefficient (Wildman–Crippen LogP) is 3.81. The number of aryl methyl sites for hydroxylation is 1. The van der Waals surface area contributed by atoms with E-state index in [0.717, 1.165) is 5.57 Å². The van der Waals surface area contributed by atoms with Crippen LogP contribution in [-0.2, 0) is 0 Å². The van der Waals surface area contributed by atoms with Gasteiger partial charge in [0.1, 0.15) is 5.03 Å². The molecule has 0 aliphatic carbocycles. The Balaban J connectivity index is 2.46. The van der Waals surface area contributed by atoms with E-state index in [9.17, 15) is 4.79 Å². The SMILES string of the molecule is C=C(C)CN(CC)C(=O)c1c(C)nc(-c2ccco2)nc1SC. The van der Waals surface area contributed by atoms with Crippen LogP contribution in [0.1, 0.15) is 29.9 Å². The minimum atomic E-state index is -0.0663. The second-order valence-electron chi connectivity index (χ2n) is 5.27. The molecule has 2 aromatic rings. The van der Waals surface area contributed by atoms with Crippen LogP contribution in [0.3, 0.4) is 0 Å². The molecule has 0 fully saturated rings. The zero-order valence-corrected chi connectivity index (χ0v) is 14.7. The van der Waals surface area contributed by atoms with Crippen molar-refractivity contribution < 1.29 is 9.21 Å². The maximum absolute atomic E-state index is 12.9. The molecule has 0 atom stereocenters. The molecule has 0 aromatic carbocycles. The first-order valence-electron chi connectivity index (χ1n) is 7.38. The molecular formula is C17H21N3O2S. The summed E-state index contributed by atoms with van der Waals surface area (Å²) in [6.07, 6.45) is 3.48. The second-order valence-corrected chi connectivity index (χ2v) is 6.07. The number of amides is 1. The van der Waals surface area contributed by atoms with E-state index in [2.05, 4.69) is 16.5 Å². The Bertz CT molecular complexity index is 711. The lowest BCUT2D eigenvalue weighted by Gasteiger charge is -2.22. The van der Waals surface area contributed by atoms with Crippen LogP contribution in [-0.4, -0.2) is 40.1 Å². The van der Waals surface area contributed by atoms with E-state index in [4.69, 9.17) is 4.42 Å². The summed E-state index contributed by atoms with van der Waals surface area (Å²) >= 11 is 1.43. The van der Waals surface area contributed by atoms with Crippen molar-refractivity contribution in [3.8, 4) is 11.6 Å². The van der Waals surface area contributed by atoms with Crippen molar-refractivity contribution in [3.63, 3.8) is 0 Å². The van der Waals surface area contributed by atoms with Crippen LogP contribution in [0.2, 0.25) is 0 Å². The van der Waals surface area contributed by atoms with Gasteiger partial charge in [0.15, 0.2) is 11.6 Å². The molecule has 2 heterocycles. The number of carbonyl (C=O) groups is 1. The van der Waals surface area contributed by atoms with Crippen LogP contribution in [0, 0.1) is 6.92 Å². The van der Waals surface area contributed by atoms with Gasteiger partial charge in [-0.25, -0.2) is 9.97 Å². The van der Waals surface area contributed by atoms with Gasteiger partial charge in [0.25, 0.3) is 5.91 Å².